The summed E-state index contributed by atoms with van der Waals surface area (Å²) in [7, 11) is 0. The topological polar surface area (TPSA) is 21.3 Å². The third kappa shape index (κ3) is 3.64. The van der Waals surface area contributed by atoms with Crippen molar-refractivity contribution in [3.8, 4) is 5.75 Å². The van der Waals surface area contributed by atoms with Crippen LogP contribution < -0.4 is 10.1 Å². The number of ether oxygens (including phenoxy) is 1. The summed E-state index contributed by atoms with van der Waals surface area (Å²) in [6, 6.07) is 4.62. The van der Waals surface area contributed by atoms with E-state index >= 15 is 0 Å². The Balaban J connectivity index is 2.39. The predicted octanol–water partition coefficient (Wildman–Crippen LogP) is 2.58. The Kier molecular flexibility index (Phi) is 4.90. The van der Waals surface area contributed by atoms with Crippen LogP contribution in [0.5, 0.6) is 5.75 Å². The minimum absolute atomic E-state index is 0.274. The fourth-order valence-corrected chi connectivity index (χ4v) is 1.34. The quantitative estimate of drug-likeness (QED) is 0.823. The Morgan fingerprint density at radius 2 is 2.29 bits per heavy atom. The summed E-state index contributed by atoms with van der Waals surface area (Å²) in [6.45, 7) is 4.35. The zero-order valence-electron chi connectivity index (χ0n) is 8.02. The van der Waals surface area contributed by atoms with Crippen molar-refractivity contribution in [1.29, 1.82) is 0 Å². The zero-order chi connectivity index (χ0) is 10.4. The van der Waals surface area contributed by atoms with Gasteiger partial charge < -0.3 is 10.1 Å². The first-order valence-corrected chi connectivity index (χ1v) is 5.32. The van der Waals surface area contributed by atoms with Crippen LogP contribution in [0.3, 0.4) is 0 Å². The van der Waals surface area contributed by atoms with Gasteiger partial charge in [0.25, 0.3) is 0 Å². The van der Waals surface area contributed by atoms with E-state index in [9.17, 15) is 4.39 Å². The van der Waals surface area contributed by atoms with Gasteiger partial charge in [0.05, 0.1) is 4.47 Å². The summed E-state index contributed by atoms with van der Waals surface area (Å²) >= 11 is 3.10. The van der Waals surface area contributed by atoms with E-state index in [4.69, 9.17) is 4.74 Å². The molecular formula is C10H13BrFNO. The van der Waals surface area contributed by atoms with Crippen LogP contribution in [-0.4, -0.2) is 19.7 Å². The molecule has 0 atom stereocenters. The molecule has 0 bridgehead atoms. The normalized spacial score (nSPS) is 10.2. The number of benzene rings is 1. The molecule has 0 amide bonds. The summed E-state index contributed by atoms with van der Waals surface area (Å²) in [5.74, 6) is 0.403. The molecule has 78 valence electrons. The lowest BCUT2D eigenvalue weighted by molar-refractivity contribution is 0.314. The van der Waals surface area contributed by atoms with E-state index in [1.54, 1.807) is 12.1 Å². The van der Waals surface area contributed by atoms with E-state index in [1.807, 2.05) is 6.92 Å². The lowest BCUT2D eigenvalue weighted by atomic mass is 10.3. The van der Waals surface area contributed by atoms with E-state index in [0.717, 1.165) is 13.1 Å². The standard InChI is InChI=1S/C10H13BrFNO/c1-2-13-5-6-14-8-3-4-10(12)9(11)7-8/h3-4,7,13H,2,5-6H2,1H3. The van der Waals surface area contributed by atoms with Gasteiger partial charge in [-0.3, -0.25) is 0 Å². The summed E-state index contributed by atoms with van der Waals surface area (Å²) < 4.78 is 18.6. The highest BCUT2D eigenvalue weighted by Crippen LogP contribution is 2.21. The van der Waals surface area contributed by atoms with E-state index in [2.05, 4.69) is 21.2 Å². The Hall–Kier alpha value is -0.610. The van der Waals surface area contributed by atoms with Gasteiger partial charge in [-0.25, -0.2) is 4.39 Å². The van der Waals surface area contributed by atoms with Gasteiger partial charge in [-0.15, -0.1) is 0 Å². The molecule has 0 aliphatic heterocycles. The van der Waals surface area contributed by atoms with Crippen molar-refractivity contribution in [2.45, 2.75) is 6.92 Å². The summed E-state index contributed by atoms with van der Waals surface area (Å²) in [5, 5.41) is 3.13. The van der Waals surface area contributed by atoms with Gasteiger partial charge in [-0.2, -0.15) is 0 Å². The lowest BCUT2D eigenvalue weighted by Crippen LogP contribution is -2.20. The molecule has 0 heterocycles. The molecule has 0 unspecified atom stereocenters. The van der Waals surface area contributed by atoms with Crippen LogP contribution in [0.25, 0.3) is 0 Å². The molecule has 14 heavy (non-hydrogen) atoms. The monoisotopic (exact) mass is 261 g/mol. The van der Waals surface area contributed by atoms with Crippen molar-refractivity contribution in [3.05, 3.63) is 28.5 Å². The number of likely N-dealkylation sites (N-methyl/N-ethyl adjacent to an activating group) is 1. The van der Waals surface area contributed by atoms with E-state index < -0.39 is 0 Å². The predicted molar refractivity (Wildman–Crippen MR) is 58.1 cm³/mol. The molecule has 1 aromatic rings. The Morgan fingerprint density at radius 1 is 1.50 bits per heavy atom. The maximum Gasteiger partial charge on any atom is 0.137 e. The maximum atomic E-state index is 12.8. The first kappa shape index (κ1) is 11.5. The molecule has 1 N–H and O–H groups in total. The molecule has 0 aliphatic rings. The number of hydrogen-bond donors (Lipinski definition) is 1. The zero-order valence-corrected chi connectivity index (χ0v) is 9.60. The molecule has 0 saturated heterocycles. The molecule has 1 rings (SSSR count). The molecule has 1 aromatic carbocycles. The SMILES string of the molecule is CCNCCOc1ccc(F)c(Br)c1. The van der Waals surface area contributed by atoms with E-state index in [-0.39, 0.29) is 5.82 Å². The number of nitrogens with one attached hydrogen (secondary N) is 1. The van der Waals surface area contributed by atoms with Crippen molar-refractivity contribution in [2.24, 2.45) is 0 Å². The molecule has 0 saturated carbocycles. The van der Waals surface area contributed by atoms with Crippen LogP contribution in [-0.2, 0) is 0 Å². The first-order valence-electron chi connectivity index (χ1n) is 4.52. The van der Waals surface area contributed by atoms with Crippen molar-refractivity contribution < 1.29 is 9.13 Å². The maximum absolute atomic E-state index is 12.8. The highest BCUT2D eigenvalue weighted by atomic mass is 79.9. The first-order chi connectivity index (χ1) is 6.74. The van der Waals surface area contributed by atoms with Gasteiger partial charge >= 0.3 is 0 Å². The Bertz CT molecular complexity index is 293. The van der Waals surface area contributed by atoms with Gasteiger partial charge in [-0.1, -0.05) is 6.92 Å². The molecule has 0 aliphatic carbocycles. The number of rotatable bonds is 5. The Labute approximate surface area is 91.6 Å². The van der Waals surface area contributed by atoms with E-state index in [0.29, 0.717) is 16.8 Å². The van der Waals surface area contributed by atoms with Crippen LogP contribution >= 0.6 is 15.9 Å². The van der Waals surface area contributed by atoms with Crippen LogP contribution in [0.1, 0.15) is 6.92 Å². The van der Waals surface area contributed by atoms with Crippen molar-refractivity contribution in [3.63, 3.8) is 0 Å². The second kappa shape index (κ2) is 5.98. The number of halogens is 2. The summed E-state index contributed by atoms with van der Waals surface area (Å²) in [5.41, 5.74) is 0. The molecular weight excluding hydrogens is 249 g/mol. The van der Waals surface area contributed by atoms with Gasteiger partial charge in [0, 0.05) is 6.54 Å². The highest BCUT2D eigenvalue weighted by molar-refractivity contribution is 9.10. The van der Waals surface area contributed by atoms with Gasteiger partial charge in [0.2, 0.25) is 0 Å². The molecule has 0 spiro atoms. The largest absolute Gasteiger partial charge is 0.492 e. The smallest absolute Gasteiger partial charge is 0.137 e. The highest BCUT2D eigenvalue weighted by Gasteiger charge is 2.00. The van der Waals surface area contributed by atoms with Crippen molar-refractivity contribution in [2.75, 3.05) is 19.7 Å². The summed E-state index contributed by atoms with van der Waals surface area (Å²) in [4.78, 5) is 0. The third-order valence-electron chi connectivity index (χ3n) is 1.69. The van der Waals surface area contributed by atoms with E-state index in [1.165, 1.54) is 6.07 Å². The minimum Gasteiger partial charge on any atom is -0.492 e. The second-order valence-corrected chi connectivity index (χ2v) is 3.63. The van der Waals surface area contributed by atoms with Crippen molar-refractivity contribution in [1.82, 2.24) is 5.32 Å². The van der Waals surface area contributed by atoms with Crippen LogP contribution in [0.15, 0.2) is 22.7 Å². The molecule has 0 radical (unpaired) electrons. The fourth-order valence-electron chi connectivity index (χ4n) is 0.984. The third-order valence-corrected chi connectivity index (χ3v) is 2.30. The Morgan fingerprint density at radius 3 is 2.93 bits per heavy atom. The van der Waals surface area contributed by atoms with Crippen LogP contribution in [0.2, 0.25) is 0 Å². The molecule has 2 nitrogen and oxygen atoms in total. The second-order valence-electron chi connectivity index (χ2n) is 2.78. The van der Waals surface area contributed by atoms with Gasteiger partial charge in [-0.05, 0) is 40.7 Å². The van der Waals surface area contributed by atoms with Gasteiger partial charge in [0.1, 0.15) is 18.2 Å². The minimum atomic E-state index is -0.274. The number of hydrogen-bond acceptors (Lipinski definition) is 2. The lowest BCUT2D eigenvalue weighted by Gasteiger charge is -2.06. The molecule has 4 heteroatoms. The van der Waals surface area contributed by atoms with Crippen LogP contribution in [0, 0.1) is 5.82 Å². The van der Waals surface area contributed by atoms with Crippen LogP contribution in [0.4, 0.5) is 4.39 Å². The summed E-state index contributed by atoms with van der Waals surface area (Å²) in [6.07, 6.45) is 0. The fraction of sp³-hybridized carbons (Fsp3) is 0.400. The molecule has 0 fully saturated rings. The average Bonchev–Trinajstić information content (AvgIpc) is 2.18. The van der Waals surface area contributed by atoms with Crippen molar-refractivity contribution >= 4 is 15.9 Å². The average molecular weight is 262 g/mol. The van der Waals surface area contributed by atoms with Gasteiger partial charge in [0.15, 0.2) is 0 Å². The molecule has 0 aromatic heterocycles.